The molecule has 0 aliphatic carbocycles. The van der Waals surface area contributed by atoms with Gasteiger partial charge in [0, 0.05) is 18.7 Å². The lowest BCUT2D eigenvalue weighted by molar-refractivity contribution is -0.385. The van der Waals surface area contributed by atoms with Crippen molar-refractivity contribution < 1.29 is 19.2 Å². The highest BCUT2D eigenvalue weighted by Crippen LogP contribution is 2.28. The van der Waals surface area contributed by atoms with Crippen LogP contribution in [0.3, 0.4) is 0 Å². The molecule has 0 saturated heterocycles. The third-order valence-electron chi connectivity index (χ3n) is 3.77. The molecule has 0 atom stereocenters. The molecule has 2 rings (SSSR count). The van der Waals surface area contributed by atoms with Crippen LogP contribution in [0, 0.1) is 17.0 Å². The summed E-state index contributed by atoms with van der Waals surface area (Å²) in [5, 5.41) is 11.2. The fraction of sp³-hybridized carbons (Fsp3) is 0.316. The maximum absolute atomic E-state index is 12.5. The molecule has 138 valence electrons. The summed E-state index contributed by atoms with van der Waals surface area (Å²) < 4.78 is 10.8. The number of aryl methyl sites for hydroxylation is 1. The molecule has 7 nitrogen and oxygen atoms in total. The third kappa shape index (κ3) is 4.95. The summed E-state index contributed by atoms with van der Waals surface area (Å²) in [6.45, 7) is 4.72. The lowest BCUT2D eigenvalue weighted by atomic mass is 10.1. The van der Waals surface area contributed by atoms with Crippen LogP contribution in [0.1, 0.15) is 22.8 Å². The molecule has 0 heterocycles. The smallest absolute Gasteiger partial charge is 0.311 e. The van der Waals surface area contributed by atoms with E-state index in [0.29, 0.717) is 19.8 Å². The molecular weight excluding hydrogens is 336 g/mol. The molecule has 0 bridgehead atoms. The predicted octanol–water partition coefficient (Wildman–Crippen LogP) is 3.45. The van der Waals surface area contributed by atoms with Crippen molar-refractivity contribution >= 4 is 11.6 Å². The van der Waals surface area contributed by atoms with Crippen molar-refractivity contribution in [1.29, 1.82) is 0 Å². The molecular formula is C19H22N2O5. The first-order valence-corrected chi connectivity index (χ1v) is 8.28. The zero-order valence-electron chi connectivity index (χ0n) is 15.1. The van der Waals surface area contributed by atoms with Gasteiger partial charge in [-0.25, -0.2) is 0 Å². The lowest BCUT2D eigenvalue weighted by Crippen LogP contribution is -2.30. The Hall–Kier alpha value is -3.09. The minimum atomic E-state index is -0.553. The zero-order chi connectivity index (χ0) is 19.1. The van der Waals surface area contributed by atoms with E-state index in [4.69, 9.17) is 9.47 Å². The number of carbonyl (C=O) groups is 1. The number of ether oxygens (including phenoxy) is 2. The van der Waals surface area contributed by atoms with E-state index in [1.807, 2.05) is 31.2 Å². The molecule has 26 heavy (non-hydrogen) atoms. The molecule has 0 aliphatic heterocycles. The summed E-state index contributed by atoms with van der Waals surface area (Å²) in [6, 6.07) is 11.8. The van der Waals surface area contributed by atoms with Gasteiger partial charge in [-0.1, -0.05) is 17.7 Å². The number of rotatable bonds is 8. The van der Waals surface area contributed by atoms with Crippen molar-refractivity contribution in [3.63, 3.8) is 0 Å². The van der Waals surface area contributed by atoms with Gasteiger partial charge >= 0.3 is 5.69 Å². The third-order valence-corrected chi connectivity index (χ3v) is 3.77. The highest BCUT2D eigenvalue weighted by molar-refractivity contribution is 5.95. The number of nitro benzene ring substituents is 1. The maximum Gasteiger partial charge on any atom is 0.311 e. The van der Waals surface area contributed by atoms with Crippen molar-refractivity contribution in [3.8, 4) is 11.5 Å². The van der Waals surface area contributed by atoms with E-state index in [-0.39, 0.29) is 22.9 Å². The number of nitrogens with zero attached hydrogens (tertiary/aromatic N) is 2. The summed E-state index contributed by atoms with van der Waals surface area (Å²) in [6.07, 6.45) is 0. The zero-order valence-corrected chi connectivity index (χ0v) is 15.1. The van der Waals surface area contributed by atoms with Crippen molar-refractivity contribution in [3.05, 3.63) is 63.7 Å². The average molecular weight is 358 g/mol. The number of hydrogen-bond acceptors (Lipinski definition) is 5. The van der Waals surface area contributed by atoms with Crippen LogP contribution in [0.5, 0.6) is 11.5 Å². The molecule has 1 amide bonds. The summed E-state index contributed by atoms with van der Waals surface area (Å²) >= 11 is 0. The van der Waals surface area contributed by atoms with Crippen LogP contribution in [-0.2, 0) is 0 Å². The Bertz CT molecular complexity index is 774. The topological polar surface area (TPSA) is 81.9 Å². The van der Waals surface area contributed by atoms with E-state index in [0.717, 1.165) is 11.3 Å². The minimum Gasteiger partial charge on any atom is -0.492 e. The Balaban J connectivity index is 1.99. The molecule has 0 fully saturated rings. The van der Waals surface area contributed by atoms with Gasteiger partial charge in [-0.3, -0.25) is 14.9 Å². The molecule has 7 heteroatoms. The Morgan fingerprint density at radius 1 is 1.15 bits per heavy atom. The van der Waals surface area contributed by atoms with E-state index in [1.54, 1.807) is 14.0 Å². The number of amides is 1. The van der Waals surface area contributed by atoms with Crippen molar-refractivity contribution in [2.24, 2.45) is 0 Å². The number of benzene rings is 2. The van der Waals surface area contributed by atoms with Crippen LogP contribution < -0.4 is 9.47 Å². The van der Waals surface area contributed by atoms with E-state index >= 15 is 0 Å². The first-order chi connectivity index (χ1) is 12.4. The summed E-state index contributed by atoms with van der Waals surface area (Å²) in [7, 11) is 1.63. The largest absolute Gasteiger partial charge is 0.492 e. The van der Waals surface area contributed by atoms with Crippen LogP contribution in [-0.4, -0.2) is 42.5 Å². The van der Waals surface area contributed by atoms with E-state index in [1.165, 1.54) is 23.1 Å². The molecule has 0 saturated carbocycles. The fourth-order valence-electron chi connectivity index (χ4n) is 2.33. The van der Waals surface area contributed by atoms with Gasteiger partial charge in [0.2, 0.25) is 0 Å². The molecule has 0 unspecified atom stereocenters. The van der Waals surface area contributed by atoms with Crippen molar-refractivity contribution in [2.45, 2.75) is 13.8 Å². The quantitative estimate of drug-likeness (QED) is 0.533. The van der Waals surface area contributed by atoms with Crippen molar-refractivity contribution in [1.82, 2.24) is 4.90 Å². The Labute approximate surface area is 152 Å². The maximum atomic E-state index is 12.5. The van der Waals surface area contributed by atoms with Gasteiger partial charge in [0.05, 0.1) is 18.1 Å². The van der Waals surface area contributed by atoms with E-state index < -0.39 is 4.92 Å². The number of likely N-dealkylation sites (N-methyl/N-ethyl adjacent to an activating group) is 1. The lowest BCUT2D eigenvalue weighted by Gasteiger charge is -2.18. The summed E-state index contributed by atoms with van der Waals surface area (Å²) in [5.41, 5.74) is 1.15. The van der Waals surface area contributed by atoms with Crippen LogP contribution >= 0.6 is 0 Å². The molecule has 0 spiro atoms. The second-order valence-corrected chi connectivity index (χ2v) is 5.76. The van der Waals surface area contributed by atoms with Gasteiger partial charge in [-0.05, 0) is 38.1 Å². The van der Waals surface area contributed by atoms with E-state index in [9.17, 15) is 14.9 Å². The Kier molecular flexibility index (Phi) is 6.54. The van der Waals surface area contributed by atoms with Gasteiger partial charge in [0.15, 0.2) is 5.75 Å². The number of carbonyl (C=O) groups excluding carboxylic acids is 1. The van der Waals surface area contributed by atoms with Crippen LogP contribution in [0.15, 0.2) is 42.5 Å². The second-order valence-electron chi connectivity index (χ2n) is 5.76. The highest BCUT2D eigenvalue weighted by atomic mass is 16.6. The average Bonchev–Trinajstić information content (AvgIpc) is 2.63. The first-order valence-electron chi connectivity index (χ1n) is 8.28. The van der Waals surface area contributed by atoms with Gasteiger partial charge in [0.1, 0.15) is 12.4 Å². The molecule has 0 N–H and O–H groups in total. The highest BCUT2D eigenvalue weighted by Gasteiger charge is 2.20. The first kappa shape index (κ1) is 19.2. The van der Waals surface area contributed by atoms with Gasteiger partial charge in [-0.15, -0.1) is 0 Å². The molecule has 2 aromatic rings. The SMILES string of the molecule is CCOc1ccc(C(=O)N(C)CCOc2ccc(C)cc2)cc1[N+](=O)[O-]. The Morgan fingerprint density at radius 2 is 1.85 bits per heavy atom. The van der Waals surface area contributed by atoms with Gasteiger partial charge in [-0.2, -0.15) is 0 Å². The normalized spacial score (nSPS) is 10.3. The monoisotopic (exact) mass is 358 g/mol. The predicted molar refractivity (Wildman–Crippen MR) is 97.9 cm³/mol. The summed E-state index contributed by atoms with van der Waals surface area (Å²) in [4.78, 5) is 24.6. The Morgan fingerprint density at radius 3 is 2.46 bits per heavy atom. The van der Waals surface area contributed by atoms with E-state index in [2.05, 4.69) is 0 Å². The standard InChI is InChI=1S/C19H22N2O5/c1-4-25-18-10-7-15(13-17(18)21(23)24)19(22)20(3)11-12-26-16-8-5-14(2)6-9-16/h5-10,13H,4,11-12H2,1-3H3. The molecule has 2 aromatic carbocycles. The summed E-state index contributed by atoms with van der Waals surface area (Å²) in [5.74, 6) is 0.566. The van der Waals surface area contributed by atoms with Crippen LogP contribution in [0.2, 0.25) is 0 Å². The van der Waals surface area contributed by atoms with Crippen molar-refractivity contribution in [2.75, 3.05) is 26.8 Å². The van der Waals surface area contributed by atoms with Crippen LogP contribution in [0.4, 0.5) is 5.69 Å². The number of nitro groups is 1. The van der Waals surface area contributed by atoms with Gasteiger partial charge in [0.25, 0.3) is 5.91 Å². The molecule has 0 aromatic heterocycles. The fourth-order valence-corrected chi connectivity index (χ4v) is 2.33. The number of hydrogen-bond donors (Lipinski definition) is 0. The molecule has 0 radical (unpaired) electrons. The van der Waals surface area contributed by atoms with Gasteiger partial charge < -0.3 is 14.4 Å². The van der Waals surface area contributed by atoms with Crippen LogP contribution in [0.25, 0.3) is 0 Å². The minimum absolute atomic E-state index is 0.152. The second kappa shape index (κ2) is 8.84. The molecule has 0 aliphatic rings.